The minimum atomic E-state index is -4.53. The van der Waals surface area contributed by atoms with Gasteiger partial charge in [0.1, 0.15) is 21.8 Å². The average molecular weight is 834 g/mol. The zero-order valence-electron chi connectivity index (χ0n) is 34.9. The van der Waals surface area contributed by atoms with Crippen LogP contribution in [-0.4, -0.2) is 96.0 Å². The smallest absolute Gasteiger partial charge is 0.347 e. The number of benzene rings is 3. The summed E-state index contributed by atoms with van der Waals surface area (Å²) in [6, 6.07) is 20.4. The molecular weight excluding hydrogens is 777 g/mol. The van der Waals surface area contributed by atoms with E-state index >= 15 is 4.79 Å². The third-order valence-corrected chi connectivity index (χ3v) is 13.4. The Morgan fingerprint density at radius 2 is 1.57 bits per heavy atom. The Morgan fingerprint density at radius 1 is 0.914 bits per heavy atom. The lowest BCUT2D eigenvalue weighted by molar-refractivity contribution is -0.934. The van der Waals surface area contributed by atoms with E-state index in [-0.39, 0.29) is 48.0 Å². The SMILES string of the molecule is CCN(CC)c1ccc2c(-c3ccccc3C(=O)N(CCCC(=O)OC(C)(C)C)CCC([N+](CC)(CC)CC)S(=O)(=O)O)c(-c3nc4ccccc4s3)c(=O)oc2c1. The van der Waals surface area contributed by atoms with E-state index in [1.807, 2.05) is 63.2 Å². The fourth-order valence-corrected chi connectivity index (χ4v) is 10.3. The van der Waals surface area contributed by atoms with Gasteiger partial charge in [0.15, 0.2) is 0 Å². The van der Waals surface area contributed by atoms with Crippen molar-refractivity contribution in [3.8, 4) is 21.7 Å². The quantitative estimate of drug-likeness (QED) is 0.0394. The van der Waals surface area contributed by atoms with Gasteiger partial charge in [-0.15, -0.1) is 11.3 Å². The maximum absolute atomic E-state index is 15.1. The predicted octanol–water partition coefficient (Wildman–Crippen LogP) is 8.63. The highest BCUT2D eigenvalue weighted by Gasteiger charge is 2.42. The van der Waals surface area contributed by atoms with Gasteiger partial charge in [-0.05, 0) is 97.7 Å². The van der Waals surface area contributed by atoms with Crippen molar-refractivity contribution in [1.82, 2.24) is 9.88 Å². The summed E-state index contributed by atoms with van der Waals surface area (Å²) in [6.07, 6.45) is 0.236. The monoisotopic (exact) mass is 833 g/mol. The number of para-hydroxylation sites is 1. The number of anilines is 1. The maximum Gasteiger partial charge on any atom is 0.347 e. The molecule has 1 unspecified atom stereocenters. The molecule has 58 heavy (non-hydrogen) atoms. The molecule has 312 valence electrons. The number of fused-ring (bicyclic) bond motifs is 2. The molecule has 0 saturated carbocycles. The number of amides is 1. The minimum Gasteiger partial charge on any atom is -0.460 e. The number of carbonyl (C=O) groups excluding carboxylic acids is 2. The number of hydrogen-bond acceptors (Lipinski definition) is 10. The molecule has 1 amide bonds. The number of thiazole rings is 1. The first-order valence-corrected chi connectivity index (χ1v) is 22.5. The highest BCUT2D eigenvalue weighted by molar-refractivity contribution is 7.86. The van der Waals surface area contributed by atoms with Crippen LogP contribution < -0.4 is 10.5 Å². The first kappa shape index (κ1) is 44.5. The van der Waals surface area contributed by atoms with Gasteiger partial charge in [-0.2, -0.15) is 8.42 Å². The largest absolute Gasteiger partial charge is 0.460 e. The Balaban J connectivity index is 1.68. The van der Waals surface area contributed by atoms with E-state index in [9.17, 15) is 22.6 Å². The molecule has 14 heteroatoms. The van der Waals surface area contributed by atoms with Crippen molar-refractivity contribution >= 4 is 60.2 Å². The Hall–Kier alpha value is -4.63. The van der Waals surface area contributed by atoms with E-state index in [1.54, 1.807) is 49.9 Å². The van der Waals surface area contributed by atoms with Gasteiger partial charge in [-0.1, -0.05) is 30.3 Å². The van der Waals surface area contributed by atoms with Crippen LogP contribution >= 0.6 is 11.3 Å². The van der Waals surface area contributed by atoms with Gasteiger partial charge in [0.25, 0.3) is 5.91 Å². The molecule has 0 aliphatic rings. The summed E-state index contributed by atoms with van der Waals surface area (Å²) < 4.78 is 49.2. The first-order valence-electron chi connectivity index (χ1n) is 20.1. The Labute approximate surface area is 345 Å². The lowest BCUT2D eigenvalue weighted by atomic mass is 9.92. The maximum atomic E-state index is 15.1. The summed E-state index contributed by atoms with van der Waals surface area (Å²) in [5, 5.41) is -0.124. The Morgan fingerprint density at radius 3 is 2.19 bits per heavy atom. The van der Waals surface area contributed by atoms with Crippen LogP contribution in [0, 0.1) is 0 Å². The van der Waals surface area contributed by atoms with Crippen LogP contribution in [0.1, 0.15) is 85.0 Å². The average Bonchev–Trinajstić information content (AvgIpc) is 3.61. The van der Waals surface area contributed by atoms with Crippen molar-refractivity contribution in [2.45, 2.75) is 85.6 Å². The van der Waals surface area contributed by atoms with Crippen LogP contribution in [0.25, 0.3) is 42.9 Å². The van der Waals surface area contributed by atoms with Gasteiger partial charge in [0.2, 0.25) is 5.37 Å². The summed E-state index contributed by atoms with van der Waals surface area (Å²) >= 11 is 1.36. The van der Waals surface area contributed by atoms with Gasteiger partial charge in [0.05, 0.1) is 29.9 Å². The molecule has 5 rings (SSSR count). The summed E-state index contributed by atoms with van der Waals surface area (Å²) in [7, 11) is -4.53. The highest BCUT2D eigenvalue weighted by atomic mass is 32.2. The van der Waals surface area contributed by atoms with Crippen molar-refractivity contribution in [2.24, 2.45) is 0 Å². The number of rotatable bonds is 18. The molecule has 0 spiro atoms. The second-order valence-corrected chi connectivity index (χ2v) is 18.0. The summed E-state index contributed by atoms with van der Waals surface area (Å²) in [4.78, 5) is 50.6. The molecule has 0 bridgehead atoms. The molecule has 0 saturated heterocycles. The number of aromatic nitrogens is 1. The fraction of sp³-hybridized carbons (Fsp3) is 0.455. The zero-order chi connectivity index (χ0) is 42.4. The molecule has 2 aromatic heterocycles. The predicted molar refractivity (Wildman–Crippen MR) is 233 cm³/mol. The minimum absolute atomic E-state index is 0.0262. The van der Waals surface area contributed by atoms with Gasteiger partial charge in [-0.3, -0.25) is 14.1 Å². The van der Waals surface area contributed by atoms with E-state index in [2.05, 4.69) is 18.7 Å². The van der Waals surface area contributed by atoms with E-state index in [0.29, 0.717) is 46.7 Å². The molecule has 3 aromatic carbocycles. The first-order chi connectivity index (χ1) is 27.5. The number of hydrogen-bond donors (Lipinski definition) is 1. The summed E-state index contributed by atoms with van der Waals surface area (Å²) in [5.41, 5.74) is 2.13. The topological polar surface area (TPSA) is 147 Å². The van der Waals surface area contributed by atoms with Crippen LogP contribution in [0.4, 0.5) is 5.69 Å². The van der Waals surface area contributed by atoms with Crippen molar-refractivity contribution in [3.63, 3.8) is 0 Å². The molecule has 5 aromatic rings. The molecule has 2 heterocycles. The lowest BCUT2D eigenvalue weighted by Crippen LogP contribution is -2.59. The van der Waals surface area contributed by atoms with Crippen LogP contribution in [0.5, 0.6) is 0 Å². The highest BCUT2D eigenvalue weighted by Crippen LogP contribution is 2.41. The summed E-state index contributed by atoms with van der Waals surface area (Å²) in [6.45, 7) is 18.1. The van der Waals surface area contributed by atoms with Gasteiger partial charge < -0.3 is 23.4 Å². The number of ether oxygens (including phenoxy) is 1. The van der Waals surface area contributed by atoms with E-state index in [0.717, 1.165) is 29.0 Å². The van der Waals surface area contributed by atoms with Crippen LogP contribution in [0.3, 0.4) is 0 Å². The molecule has 0 radical (unpaired) electrons. The molecule has 1 N–H and O–H groups in total. The van der Waals surface area contributed by atoms with Gasteiger partial charge in [0, 0.05) is 67.3 Å². The molecule has 0 aliphatic carbocycles. The number of esters is 1. The lowest BCUT2D eigenvalue weighted by Gasteiger charge is -2.41. The molecule has 12 nitrogen and oxygen atoms in total. The van der Waals surface area contributed by atoms with Crippen molar-refractivity contribution in [2.75, 3.05) is 50.7 Å². The van der Waals surface area contributed by atoms with E-state index in [4.69, 9.17) is 14.1 Å². The second-order valence-electron chi connectivity index (χ2n) is 15.4. The normalized spacial score (nSPS) is 12.8. The Bertz CT molecular complexity index is 2370. The Kier molecular flexibility index (Phi) is 14.2. The van der Waals surface area contributed by atoms with Crippen LogP contribution in [-0.2, 0) is 19.6 Å². The zero-order valence-corrected chi connectivity index (χ0v) is 36.5. The van der Waals surface area contributed by atoms with Gasteiger partial charge in [-0.25, -0.2) is 9.78 Å². The van der Waals surface area contributed by atoms with E-state index in [1.165, 1.54) is 11.3 Å². The third kappa shape index (κ3) is 9.79. The van der Waals surface area contributed by atoms with Crippen molar-refractivity contribution < 1.29 is 36.2 Å². The third-order valence-electron chi connectivity index (χ3n) is 11.0. The summed E-state index contributed by atoms with van der Waals surface area (Å²) in [5.74, 6) is -0.838. The van der Waals surface area contributed by atoms with E-state index < -0.39 is 38.6 Å². The number of quaternary nitrogens is 1. The standard InChI is InChI=1S/C44H56N4O8S2/c1-9-46(10-2)30-24-25-33-35(29-30)55-43(51)40(41-45-34-21-16-17-22-36(34)57-41)39(33)31-19-14-15-20-32(31)42(50)47(27-18-23-38(49)56-44(6,7)8)28-26-37(58(52,53)54)48(11-3,12-4)13-5/h14-17,19-22,24-25,29,37H,9-13,18,23,26-28H2,1-8H3/p+1. The van der Waals surface area contributed by atoms with Crippen molar-refractivity contribution in [1.29, 1.82) is 0 Å². The second kappa shape index (κ2) is 18.5. The molecule has 0 aliphatic heterocycles. The fourth-order valence-electron chi connectivity index (χ4n) is 7.86. The van der Waals surface area contributed by atoms with Gasteiger partial charge >= 0.3 is 21.7 Å². The van der Waals surface area contributed by atoms with Crippen LogP contribution in [0.2, 0.25) is 0 Å². The van der Waals surface area contributed by atoms with Crippen LogP contribution in [0.15, 0.2) is 75.9 Å². The molecule has 1 atom stereocenters. The molecule has 0 fully saturated rings. The number of carbonyl (C=O) groups is 2. The number of nitrogens with zero attached hydrogens (tertiary/aromatic N) is 4. The van der Waals surface area contributed by atoms with Crippen molar-refractivity contribution in [3.05, 3.63) is 82.7 Å². The molecular formula is C44H57N4O8S2+.